The molecule has 1 aliphatic rings. The summed E-state index contributed by atoms with van der Waals surface area (Å²) in [6.45, 7) is 6.78. The topological polar surface area (TPSA) is 71.3 Å². The summed E-state index contributed by atoms with van der Waals surface area (Å²) in [6, 6.07) is 11.4. The Labute approximate surface area is 163 Å². The maximum Gasteiger partial charge on any atom is 0.263 e. The van der Waals surface area contributed by atoms with Gasteiger partial charge in [0.15, 0.2) is 0 Å². The van der Waals surface area contributed by atoms with Gasteiger partial charge in [-0.3, -0.25) is 9.59 Å². The first-order valence-electron chi connectivity index (χ1n) is 9.54. The van der Waals surface area contributed by atoms with Gasteiger partial charge in [0.25, 0.3) is 11.5 Å². The molecule has 144 valence electrons. The molecule has 1 fully saturated rings. The molecule has 7 heteroatoms. The van der Waals surface area contributed by atoms with E-state index in [1.54, 1.807) is 21.9 Å². The van der Waals surface area contributed by atoms with E-state index in [1.807, 2.05) is 44.2 Å². The highest BCUT2D eigenvalue weighted by Gasteiger charge is 2.25. The van der Waals surface area contributed by atoms with E-state index in [1.165, 1.54) is 0 Å². The molecule has 0 aliphatic carbocycles. The van der Waals surface area contributed by atoms with E-state index in [0.717, 1.165) is 22.4 Å². The Balaban J connectivity index is 1.53. The molecule has 0 radical (unpaired) electrons. The highest BCUT2D eigenvalue weighted by molar-refractivity contribution is 5.94. The first-order chi connectivity index (χ1) is 13.6. The van der Waals surface area contributed by atoms with Gasteiger partial charge in [0, 0.05) is 43.8 Å². The van der Waals surface area contributed by atoms with Crippen molar-refractivity contribution < 1.29 is 4.79 Å². The van der Waals surface area contributed by atoms with Crippen LogP contribution in [0.25, 0.3) is 10.9 Å². The first kappa shape index (κ1) is 18.2. The number of rotatable bonds is 3. The van der Waals surface area contributed by atoms with Gasteiger partial charge in [0.05, 0.1) is 5.52 Å². The molecule has 7 nitrogen and oxygen atoms in total. The van der Waals surface area contributed by atoms with Gasteiger partial charge in [0.1, 0.15) is 17.7 Å². The maximum absolute atomic E-state index is 12.9. The minimum atomic E-state index is -0.211. The Kier molecular flexibility index (Phi) is 4.81. The number of nitrogens with zero attached hydrogens (tertiary/aromatic N) is 5. The highest BCUT2D eigenvalue weighted by Crippen LogP contribution is 2.23. The molecule has 4 rings (SSSR count). The third-order valence-corrected chi connectivity index (χ3v) is 5.33. The standard InChI is InChI=1S/C21H23N5O2/c1-3-26-15(2)8-9-17(21(26)28)20(27)25-12-10-24(11-13-25)19-16-6-4-5-7-18(16)22-14-23-19/h4-9,14H,3,10-13H2,1-2H3. The number of benzene rings is 1. The number of pyridine rings is 1. The second-order valence-electron chi connectivity index (χ2n) is 6.93. The van der Waals surface area contributed by atoms with Gasteiger partial charge in [-0.15, -0.1) is 0 Å². The maximum atomic E-state index is 12.9. The van der Waals surface area contributed by atoms with Crippen LogP contribution in [0.3, 0.4) is 0 Å². The summed E-state index contributed by atoms with van der Waals surface area (Å²) in [5, 5.41) is 1.01. The summed E-state index contributed by atoms with van der Waals surface area (Å²) >= 11 is 0. The minimum Gasteiger partial charge on any atom is -0.352 e. The lowest BCUT2D eigenvalue weighted by molar-refractivity contribution is 0.0744. The largest absolute Gasteiger partial charge is 0.352 e. The third-order valence-electron chi connectivity index (χ3n) is 5.33. The predicted molar refractivity (Wildman–Crippen MR) is 109 cm³/mol. The zero-order chi connectivity index (χ0) is 19.7. The smallest absolute Gasteiger partial charge is 0.263 e. The van der Waals surface area contributed by atoms with E-state index in [0.29, 0.717) is 32.7 Å². The van der Waals surface area contributed by atoms with Gasteiger partial charge in [-0.2, -0.15) is 0 Å². The van der Waals surface area contributed by atoms with Crippen LogP contribution in [0.5, 0.6) is 0 Å². The molecule has 1 aromatic carbocycles. The number of amides is 1. The van der Waals surface area contributed by atoms with Gasteiger partial charge in [-0.25, -0.2) is 9.97 Å². The fourth-order valence-corrected chi connectivity index (χ4v) is 3.76. The summed E-state index contributed by atoms with van der Waals surface area (Å²) in [6.07, 6.45) is 1.58. The van der Waals surface area contributed by atoms with Crippen molar-refractivity contribution in [2.45, 2.75) is 20.4 Å². The van der Waals surface area contributed by atoms with Gasteiger partial charge in [-0.05, 0) is 38.1 Å². The predicted octanol–water partition coefficient (Wildman–Crippen LogP) is 2.08. The molecule has 0 atom stereocenters. The molecule has 1 aliphatic heterocycles. The summed E-state index contributed by atoms with van der Waals surface area (Å²) in [5.41, 5.74) is 1.81. The van der Waals surface area contributed by atoms with Crippen LogP contribution in [0.1, 0.15) is 23.0 Å². The normalized spacial score (nSPS) is 14.5. The van der Waals surface area contributed by atoms with Crippen LogP contribution in [0.15, 0.2) is 47.5 Å². The quantitative estimate of drug-likeness (QED) is 0.699. The van der Waals surface area contributed by atoms with Crippen LogP contribution in [0.2, 0.25) is 0 Å². The third kappa shape index (κ3) is 3.13. The Bertz CT molecular complexity index is 1080. The van der Waals surface area contributed by atoms with Gasteiger partial charge >= 0.3 is 0 Å². The number of hydrogen-bond acceptors (Lipinski definition) is 5. The van der Waals surface area contributed by atoms with Crippen molar-refractivity contribution in [3.63, 3.8) is 0 Å². The van der Waals surface area contributed by atoms with Crippen LogP contribution in [0.4, 0.5) is 5.82 Å². The number of hydrogen-bond donors (Lipinski definition) is 0. The molecule has 3 heterocycles. The van der Waals surface area contributed by atoms with Crippen LogP contribution in [-0.4, -0.2) is 51.5 Å². The van der Waals surface area contributed by atoms with Gasteiger partial charge in [0.2, 0.25) is 0 Å². The number of piperazine rings is 1. The van der Waals surface area contributed by atoms with E-state index in [9.17, 15) is 9.59 Å². The number of anilines is 1. The average molecular weight is 377 g/mol. The summed E-state index contributed by atoms with van der Waals surface area (Å²) < 4.78 is 1.64. The van der Waals surface area contributed by atoms with Crippen LogP contribution < -0.4 is 10.5 Å². The molecular weight excluding hydrogens is 354 g/mol. The fourth-order valence-electron chi connectivity index (χ4n) is 3.76. The number of carbonyl (C=O) groups is 1. The number of fused-ring (bicyclic) bond motifs is 1. The van der Waals surface area contributed by atoms with Gasteiger partial charge < -0.3 is 14.4 Å². The summed E-state index contributed by atoms with van der Waals surface area (Å²) in [7, 11) is 0. The van der Waals surface area contributed by atoms with Crippen LogP contribution in [-0.2, 0) is 6.54 Å². The molecular formula is C21H23N5O2. The number of aromatic nitrogens is 3. The Morgan fingerprint density at radius 2 is 1.79 bits per heavy atom. The molecule has 0 saturated carbocycles. The van der Waals surface area contributed by atoms with Crippen LogP contribution >= 0.6 is 0 Å². The molecule has 0 spiro atoms. The Morgan fingerprint density at radius 3 is 2.54 bits per heavy atom. The van der Waals surface area contributed by atoms with Crippen LogP contribution in [0, 0.1) is 6.92 Å². The molecule has 0 N–H and O–H groups in total. The van der Waals surface area contributed by atoms with Crippen molar-refractivity contribution in [1.82, 2.24) is 19.4 Å². The number of aryl methyl sites for hydroxylation is 1. The van der Waals surface area contributed by atoms with E-state index in [2.05, 4.69) is 14.9 Å². The molecule has 3 aromatic rings. The molecule has 1 saturated heterocycles. The lowest BCUT2D eigenvalue weighted by Crippen LogP contribution is -2.50. The number of carbonyl (C=O) groups excluding carboxylic acids is 1. The van der Waals surface area contributed by atoms with Crippen molar-refractivity contribution in [3.8, 4) is 0 Å². The monoisotopic (exact) mass is 377 g/mol. The zero-order valence-corrected chi connectivity index (χ0v) is 16.1. The Hall–Kier alpha value is -3.22. The highest BCUT2D eigenvalue weighted by atomic mass is 16.2. The number of para-hydroxylation sites is 1. The van der Waals surface area contributed by atoms with Gasteiger partial charge in [-0.1, -0.05) is 12.1 Å². The molecule has 1 amide bonds. The van der Waals surface area contributed by atoms with E-state index in [-0.39, 0.29) is 17.0 Å². The van der Waals surface area contributed by atoms with Crippen molar-refractivity contribution >= 4 is 22.6 Å². The fraction of sp³-hybridized carbons (Fsp3) is 0.333. The zero-order valence-electron chi connectivity index (χ0n) is 16.1. The second kappa shape index (κ2) is 7.42. The lowest BCUT2D eigenvalue weighted by atomic mass is 10.1. The minimum absolute atomic E-state index is 0.195. The molecule has 0 unspecified atom stereocenters. The van der Waals surface area contributed by atoms with Crippen molar-refractivity contribution in [1.29, 1.82) is 0 Å². The molecule has 0 bridgehead atoms. The van der Waals surface area contributed by atoms with E-state index in [4.69, 9.17) is 0 Å². The Morgan fingerprint density at radius 1 is 1.04 bits per heavy atom. The first-order valence-corrected chi connectivity index (χ1v) is 9.54. The summed E-state index contributed by atoms with van der Waals surface area (Å²) in [4.78, 5) is 38.3. The summed E-state index contributed by atoms with van der Waals surface area (Å²) in [5.74, 6) is 0.695. The average Bonchev–Trinajstić information content (AvgIpc) is 2.73. The molecule has 28 heavy (non-hydrogen) atoms. The van der Waals surface area contributed by atoms with Crippen molar-refractivity contribution in [2.75, 3.05) is 31.1 Å². The lowest BCUT2D eigenvalue weighted by Gasteiger charge is -2.35. The van der Waals surface area contributed by atoms with Crippen molar-refractivity contribution in [2.24, 2.45) is 0 Å². The second-order valence-corrected chi connectivity index (χ2v) is 6.93. The SMILES string of the molecule is CCn1c(C)ccc(C(=O)N2CCN(c3ncnc4ccccc34)CC2)c1=O. The van der Waals surface area contributed by atoms with E-state index < -0.39 is 0 Å². The van der Waals surface area contributed by atoms with E-state index >= 15 is 0 Å². The van der Waals surface area contributed by atoms with Crippen molar-refractivity contribution in [3.05, 3.63) is 64.3 Å². The molecule has 2 aromatic heterocycles.